The lowest BCUT2D eigenvalue weighted by Crippen LogP contribution is -2.28. The Morgan fingerprint density at radius 3 is 2.48 bits per heavy atom. The fraction of sp³-hybridized carbons (Fsp3) is 0.652. The van der Waals surface area contributed by atoms with Crippen LogP contribution >= 0.6 is 11.6 Å². The van der Waals surface area contributed by atoms with Gasteiger partial charge in [-0.05, 0) is 69.3 Å². The average molecular weight is 415 g/mol. The van der Waals surface area contributed by atoms with E-state index in [0.29, 0.717) is 18.1 Å². The van der Waals surface area contributed by atoms with Crippen LogP contribution in [-0.4, -0.2) is 38.9 Å². The quantitative estimate of drug-likeness (QED) is 0.688. The summed E-state index contributed by atoms with van der Waals surface area (Å²) in [5.41, 5.74) is 2.43. The van der Waals surface area contributed by atoms with Crippen LogP contribution in [0.4, 0.5) is 0 Å². The number of rotatable bonds is 3. The Kier molecular flexibility index (Phi) is 5.63. The number of halogens is 1. The van der Waals surface area contributed by atoms with Gasteiger partial charge in [0.05, 0.1) is 24.4 Å². The van der Waals surface area contributed by atoms with E-state index < -0.39 is 0 Å². The van der Waals surface area contributed by atoms with Gasteiger partial charge in [0.25, 0.3) is 0 Å². The van der Waals surface area contributed by atoms with Crippen molar-refractivity contribution in [1.82, 2.24) is 19.7 Å². The highest BCUT2D eigenvalue weighted by Gasteiger charge is 2.31. The highest BCUT2D eigenvalue weighted by molar-refractivity contribution is 6.30. The number of nitrogens with zero attached hydrogens (tertiary/aromatic N) is 4. The molecule has 2 saturated carbocycles. The molecule has 0 radical (unpaired) electrons. The zero-order valence-corrected chi connectivity index (χ0v) is 18.1. The predicted octanol–water partition coefficient (Wildman–Crippen LogP) is 5.24. The molecule has 1 aromatic carbocycles. The predicted molar refractivity (Wildman–Crippen MR) is 114 cm³/mol. The van der Waals surface area contributed by atoms with Crippen LogP contribution in [0.25, 0.3) is 5.69 Å². The van der Waals surface area contributed by atoms with E-state index in [4.69, 9.17) is 16.3 Å². The van der Waals surface area contributed by atoms with Gasteiger partial charge < -0.3 is 4.74 Å². The van der Waals surface area contributed by atoms with Crippen LogP contribution in [0.3, 0.4) is 0 Å². The first kappa shape index (κ1) is 19.5. The summed E-state index contributed by atoms with van der Waals surface area (Å²) >= 11 is 6.29. The Morgan fingerprint density at radius 2 is 1.69 bits per heavy atom. The molecule has 2 aliphatic carbocycles. The summed E-state index contributed by atoms with van der Waals surface area (Å²) in [6, 6.07) is 6.19. The molecule has 2 aromatic rings. The van der Waals surface area contributed by atoms with Crippen LogP contribution in [0.15, 0.2) is 18.2 Å². The van der Waals surface area contributed by atoms with Gasteiger partial charge in [0.1, 0.15) is 5.82 Å². The van der Waals surface area contributed by atoms with Crippen LogP contribution in [-0.2, 0) is 17.8 Å². The minimum Gasteiger partial charge on any atom is -0.375 e. The van der Waals surface area contributed by atoms with Gasteiger partial charge in [0.2, 0.25) is 0 Å². The first-order valence-electron chi connectivity index (χ1n) is 11.2. The molecule has 1 aliphatic heterocycles. The molecule has 0 saturated heterocycles. The van der Waals surface area contributed by atoms with Gasteiger partial charge in [0.15, 0.2) is 5.82 Å². The molecule has 0 atom stereocenters. The van der Waals surface area contributed by atoms with Crippen LogP contribution < -0.4 is 0 Å². The molecule has 5 nitrogen and oxygen atoms in total. The van der Waals surface area contributed by atoms with Crippen LogP contribution in [0.5, 0.6) is 0 Å². The van der Waals surface area contributed by atoms with Crippen molar-refractivity contribution in [1.29, 1.82) is 0 Å². The summed E-state index contributed by atoms with van der Waals surface area (Å²) in [5, 5.41) is 10.0. The Labute approximate surface area is 178 Å². The van der Waals surface area contributed by atoms with E-state index in [1.54, 1.807) is 0 Å². The number of hydrogen-bond acceptors (Lipinski definition) is 4. The third-order valence-electron chi connectivity index (χ3n) is 6.87. The van der Waals surface area contributed by atoms with Gasteiger partial charge in [-0.15, -0.1) is 10.2 Å². The largest absolute Gasteiger partial charge is 0.375 e. The summed E-state index contributed by atoms with van der Waals surface area (Å²) in [5.74, 6) is 2.61. The number of aromatic nitrogens is 3. The summed E-state index contributed by atoms with van der Waals surface area (Å²) in [7, 11) is 2.13. The summed E-state index contributed by atoms with van der Waals surface area (Å²) in [4.78, 5) is 2.28. The van der Waals surface area contributed by atoms with Gasteiger partial charge >= 0.3 is 0 Å². The Bertz CT molecular complexity index is 853. The second kappa shape index (κ2) is 8.37. The van der Waals surface area contributed by atoms with Crippen LogP contribution in [0.2, 0.25) is 5.02 Å². The molecule has 0 bridgehead atoms. The van der Waals surface area contributed by atoms with E-state index in [9.17, 15) is 0 Å². The molecule has 0 N–H and O–H groups in total. The molecule has 5 rings (SSSR count). The summed E-state index contributed by atoms with van der Waals surface area (Å²) < 4.78 is 8.76. The van der Waals surface area contributed by atoms with E-state index >= 15 is 0 Å². The molecule has 0 spiro atoms. The third kappa shape index (κ3) is 4.10. The van der Waals surface area contributed by atoms with Crippen molar-refractivity contribution in [3.8, 4) is 5.69 Å². The minimum atomic E-state index is 0.429. The molecule has 2 fully saturated rings. The highest BCUT2D eigenvalue weighted by atomic mass is 35.5. The number of fused-ring (bicyclic) bond motifs is 3. The Balaban J connectivity index is 1.34. The van der Waals surface area contributed by atoms with E-state index in [-0.39, 0.29) is 0 Å². The molecule has 29 heavy (non-hydrogen) atoms. The number of hydrogen-bond donors (Lipinski definition) is 0. The van der Waals surface area contributed by atoms with Crippen molar-refractivity contribution in [3.63, 3.8) is 0 Å². The van der Waals surface area contributed by atoms with E-state index in [0.717, 1.165) is 55.4 Å². The topological polar surface area (TPSA) is 43.2 Å². The molecule has 0 amide bonds. The number of ether oxygens (including phenoxy) is 1. The molecule has 1 aromatic heterocycles. The zero-order chi connectivity index (χ0) is 19.8. The highest BCUT2D eigenvalue weighted by Crippen LogP contribution is 2.37. The first-order chi connectivity index (χ1) is 14.2. The number of benzene rings is 1. The van der Waals surface area contributed by atoms with E-state index in [1.165, 1.54) is 43.4 Å². The lowest BCUT2D eigenvalue weighted by atomic mass is 9.86. The van der Waals surface area contributed by atoms with Gasteiger partial charge in [-0.3, -0.25) is 9.47 Å². The van der Waals surface area contributed by atoms with E-state index in [1.807, 2.05) is 6.07 Å². The van der Waals surface area contributed by atoms with Crippen molar-refractivity contribution in [2.45, 2.75) is 89.0 Å². The fourth-order valence-corrected chi connectivity index (χ4v) is 5.57. The average Bonchev–Trinajstić information content (AvgIpc) is 3.06. The summed E-state index contributed by atoms with van der Waals surface area (Å²) in [6.45, 7) is 1.68. The Hall–Kier alpha value is -1.43. The van der Waals surface area contributed by atoms with Crippen LogP contribution in [0, 0.1) is 0 Å². The van der Waals surface area contributed by atoms with Crippen molar-refractivity contribution in [2.24, 2.45) is 0 Å². The second-order valence-corrected chi connectivity index (χ2v) is 9.56. The molecule has 0 unspecified atom stereocenters. The molecular formula is C23H31ClN4O. The van der Waals surface area contributed by atoms with Crippen molar-refractivity contribution >= 4 is 11.6 Å². The lowest BCUT2D eigenvalue weighted by Gasteiger charge is -2.32. The van der Waals surface area contributed by atoms with E-state index in [2.05, 4.69) is 38.8 Å². The second-order valence-electron chi connectivity index (χ2n) is 9.12. The van der Waals surface area contributed by atoms with Gasteiger partial charge in [-0.2, -0.15) is 0 Å². The Morgan fingerprint density at radius 1 is 0.931 bits per heavy atom. The maximum absolute atomic E-state index is 6.45. The van der Waals surface area contributed by atoms with Crippen molar-refractivity contribution in [2.75, 3.05) is 7.05 Å². The fourth-order valence-electron chi connectivity index (χ4n) is 5.38. The van der Waals surface area contributed by atoms with Crippen molar-refractivity contribution < 1.29 is 4.74 Å². The molecule has 2 heterocycles. The van der Waals surface area contributed by atoms with Gasteiger partial charge in [-0.25, -0.2) is 0 Å². The molecule has 6 heteroatoms. The third-order valence-corrected chi connectivity index (χ3v) is 7.10. The van der Waals surface area contributed by atoms with Gasteiger partial charge in [-0.1, -0.05) is 30.9 Å². The summed E-state index contributed by atoms with van der Waals surface area (Å²) in [6.07, 6.45) is 12.0. The molecule has 3 aliphatic rings. The van der Waals surface area contributed by atoms with Gasteiger partial charge in [0, 0.05) is 17.5 Å². The SMILES string of the molecule is CN1Cc2cc(Cl)ccc2-n2c(nnc2[C@H]2CC[C@@H](OC3CCCCC3)CC2)C1. The first-order valence-corrected chi connectivity index (χ1v) is 11.6. The lowest BCUT2D eigenvalue weighted by molar-refractivity contribution is -0.0474. The van der Waals surface area contributed by atoms with Crippen molar-refractivity contribution in [3.05, 3.63) is 40.4 Å². The maximum Gasteiger partial charge on any atom is 0.151 e. The standard InChI is InChI=1S/C23H31ClN4O/c1-27-14-17-13-18(24)9-12-21(17)28-22(15-27)25-26-23(28)16-7-10-20(11-8-16)29-19-5-3-2-4-6-19/h9,12-13,16,19-20H,2-8,10-11,14-15H2,1H3/t16-,20+. The maximum atomic E-state index is 6.45. The monoisotopic (exact) mass is 414 g/mol. The molecular weight excluding hydrogens is 384 g/mol. The smallest absolute Gasteiger partial charge is 0.151 e. The van der Waals surface area contributed by atoms with Crippen LogP contribution in [0.1, 0.15) is 80.9 Å². The normalized spacial score (nSPS) is 26.0. The minimum absolute atomic E-state index is 0.429. The zero-order valence-electron chi connectivity index (χ0n) is 17.3. The molecule has 156 valence electrons.